The second kappa shape index (κ2) is 14.5. The maximum absolute atomic E-state index is 5.82. The van der Waals surface area contributed by atoms with Gasteiger partial charge in [-0.25, -0.2) is 4.98 Å². The molecule has 29 heavy (non-hydrogen) atoms. The van der Waals surface area contributed by atoms with E-state index < -0.39 is 0 Å². The van der Waals surface area contributed by atoms with Gasteiger partial charge in [0.1, 0.15) is 0 Å². The number of guanidine groups is 1. The summed E-state index contributed by atoms with van der Waals surface area (Å²) in [6.45, 7) is 14.5. The minimum atomic E-state index is 0. The number of aryl methyl sites for hydroxylation is 1. The van der Waals surface area contributed by atoms with Crippen LogP contribution in [0.2, 0.25) is 0 Å². The molecule has 1 fully saturated rings. The minimum absolute atomic E-state index is 0. The molecular weight excluding hydrogens is 497 g/mol. The first-order valence-corrected chi connectivity index (χ1v) is 11.6. The van der Waals surface area contributed by atoms with Gasteiger partial charge in [-0.3, -0.25) is 9.89 Å². The van der Waals surface area contributed by atoms with Crippen molar-refractivity contribution in [3.63, 3.8) is 0 Å². The Hall–Kier alpha value is -0.450. The normalized spacial score (nSPS) is 17.2. The Morgan fingerprint density at radius 3 is 2.62 bits per heavy atom. The third kappa shape index (κ3) is 9.93. The number of nitrogens with one attached hydrogen (secondary N) is 2. The van der Waals surface area contributed by atoms with Gasteiger partial charge in [0.25, 0.3) is 0 Å². The lowest BCUT2D eigenvalue weighted by atomic mass is 9.97. The predicted octanol–water partition coefficient (Wildman–Crippen LogP) is 3.90. The van der Waals surface area contributed by atoms with Crippen LogP contribution in [0.3, 0.4) is 0 Å². The summed E-state index contributed by atoms with van der Waals surface area (Å²) >= 11 is 1.74. The van der Waals surface area contributed by atoms with Crippen LogP contribution in [0.15, 0.2) is 10.4 Å². The standard InChI is InChI=1S/C21H39N5OS.HI/c1-6-27-20(16(2)3)7-10-23-21(22-5)24-13-18-8-11-26(12-9-18)14-19-15-28-17(4)25-19;/h15-16,18,20H,6-14H2,1-5H3,(H2,22,23,24);1H. The van der Waals surface area contributed by atoms with E-state index in [-0.39, 0.29) is 24.0 Å². The lowest BCUT2D eigenvalue weighted by molar-refractivity contribution is 0.0258. The first-order chi connectivity index (χ1) is 13.5. The molecule has 2 heterocycles. The maximum atomic E-state index is 5.82. The zero-order chi connectivity index (χ0) is 20.4. The average molecular weight is 538 g/mol. The fourth-order valence-electron chi connectivity index (χ4n) is 3.68. The van der Waals surface area contributed by atoms with Crippen LogP contribution >= 0.6 is 35.3 Å². The molecule has 1 unspecified atom stereocenters. The molecule has 0 aliphatic carbocycles. The van der Waals surface area contributed by atoms with Crippen molar-refractivity contribution in [2.24, 2.45) is 16.8 Å². The third-order valence-electron chi connectivity index (χ3n) is 5.39. The molecular formula is C21H40IN5OS. The van der Waals surface area contributed by atoms with Crippen LogP contribution in [-0.4, -0.2) is 61.8 Å². The number of hydrogen-bond donors (Lipinski definition) is 2. The van der Waals surface area contributed by atoms with Crippen molar-refractivity contribution in [1.29, 1.82) is 0 Å². The Bertz CT molecular complexity index is 587. The van der Waals surface area contributed by atoms with E-state index in [0.29, 0.717) is 17.9 Å². The fraction of sp³-hybridized carbons (Fsp3) is 0.810. The molecule has 1 aliphatic rings. The molecule has 1 aromatic rings. The van der Waals surface area contributed by atoms with Crippen LogP contribution in [0.5, 0.6) is 0 Å². The summed E-state index contributed by atoms with van der Waals surface area (Å²) < 4.78 is 5.82. The summed E-state index contributed by atoms with van der Waals surface area (Å²) in [6, 6.07) is 0. The van der Waals surface area contributed by atoms with Crippen LogP contribution in [0, 0.1) is 18.8 Å². The Morgan fingerprint density at radius 1 is 1.34 bits per heavy atom. The number of aromatic nitrogens is 1. The molecule has 0 spiro atoms. The third-order valence-corrected chi connectivity index (χ3v) is 6.21. The number of thiazole rings is 1. The van der Waals surface area contributed by atoms with E-state index in [0.717, 1.165) is 56.7 Å². The van der Waals surface area contributed by atoms with Gasteiger partial charge in [-0.2, -0.15) is 0 Å². The van der Waals surface area contributed by atoms with Crippen molar-refractivity contribution in [3.8, 4) is 0 Å². The molecule has 1 aliphatic heterocycles. The van der Waals surface area contributed by atoms with Gasteiger partial charge in [0.15, 0.2) is 5.96 Å². The number of ether oxygens (including phenoxy) is 1. The second-order valence-corrected chi connectivity index (χ2v) is 9.05. The molecule has 0 aromatic carbocycles. The van der Waals surface area contributed by atoms with E-state index in [1.807, 2.05) is 7.05 Å². The molecule has 0 amide bonds. The number of rotatable bonds is 10. The quantitative estimate of drug-likeness (QED) is 0.270. The summed E-state index contributed by atoms with van der Waals surface area (Å²) in [6.07, 6.45) is 3.77. The van der Waals surface area contributed by atoms with Crippen LogP contribution in [0.1, 0.15) is 50.7 Å². The monoisotopic (exact) mass is 537 g/mol. The first-order valence-electron chi connectivity index (χ1n) is 10.7. The molecule has 0 saturated carbocycles. The van der Waals surface area contributed by atoms with Gasteiger partial charge in [-0.15, -0.1) is 35.3 Å². The minimum Gasteiger partial charge on any atom is -0.378 e. The van der Waals surface area contributed by atoms with Crippen LogP contribution in [0.25, 0.3) is 0 Å². The number of nitrogens with zero attached hydrogens (tertiary/aromatic N) is 3. The number of halogens is 1. The van der Waals surface area contributed by atoms with Gasteiger partial charge in [0.05, 0.1) is 16.8 Å². The van der Waals surface area contributed by atoms with Gasteiger partial charge in [-0.05, 0) is 58.0 Å². The zero-order valence-corrected chi connectivity index (χ0v) is 21.9. The van der Waals surface area contributed by atoms with Crippen molar-refractivity contribution in [1.82, 2.24) is 20.5 Å². The van der Waals surface area contributed by atoms with Gasteiger partial charge in [0, 0.05) is 38.7 Å². The molecule has 1 aromatic heterocycles. The molecule has 1 saturated heterocycles. The summed E-state index contributed by atoms with van der Waals surface area (Å²) in [5.74, 6) is 2.15. The largest absolute Gasteiger partial charge is 0.378 e. The number of likely N-dealkylation sites (tertiary alicyclic amines) is 1. The van der Waals surface area contributed by atoms with E-state index >= 15 is 0 Å². The highest BCUT2D eigenvalue weighted by molar-refractivity contribution is 14.0. The molecule has 1 atom stereocenters. The van der Waals surface area contributed by atoms with E-state index in [4.69, 9.17) is 4.74 Å². The van der Waals surface area contributed by atoms with Gasteiger partial charge < -0.3 is 15.4 Å². The Morgan fingerprint density at radius 2 is 2.07 bits per heavy atom. The van der Waals surface area contributed by atoms with E-state index in [2.05, 4.69) is 58.6 Å². The zero-order valence-electron chi connectivity index (χ0n) is 18.7. The van der Waals surface area contributed by atoms with E-state index in [9.17, 15) is 0 Å². The van der Waals surface area contributed by atoms with Crippen molar-refractivity contribution >= 4 is 41.3 Å². The molecule has 0 radical (unpaired) electrons. The summed E-state index contributed by atoms with van der Waals surface area (Å²) in [5.41, 5.74) is 1.22. The van der Waals surface area contributed by atoms with E-state index in [1.54, 1.807) is 11.3 Å². The molecule has 2 rings (SSSR count). The van der Waals surface area contributed by atoms with Crippen LogP contribution < -0.4 is 10.6 Å². The Labute approximate surface area is 198 Å². The maximum Gasteiger partial charge on any atom is 0.190 e. The number of piperidine rings is 1. The van der Waals surface area contributed by atoms with Crippen molar-refractivity contribution in [2.45, 2.75) is 59.6 Å². The Kier molecular flexibility index (Phi) is 13.3. The highest BCUT2D eigenvalue weighted by atomic mass is 127. The molecule has 6 nitrogen and oxygen atoms in total. The van der Waals surface area contributed by atoms with Crippen LogP contribution in [0.4, 0.5) is 0 Å². The molecule has 8 heteroatoms. The topological polar surface area (TPSA) is 61.8 Å². The SMILES string of the molecule is CCOC(CCNC(=NC)NCC1CCN(Cc2csc(C)n2)CC1)C(C)C.I. The number of aliphatic imine (C=N–C) groups is 1. The number of hydrogen-bond acceptors (Lipinski definition) is 5. The van der Waals surface area contributed by atoms with Crippen molar-refractivity contribution in [3.05, 3.63) is 16.1 Å². The van der Waals surface area contributed by atoms with Crippen LogP contribution in [-0.2, 0) is 11.3 Å². The summed E-state index contributed by atoms with van der Waals surface area (Å²) in [4.78, 5) is 11.5. The van der Waals surface area contributed by atoms with Gasteiger partial charge in [0.2, 0.25) is 0 Å². The fourth-order valence-corrected chi connectivity index (χ4v) is 4.28. The van der Waals surface area contributed by atoms with Gasteiger partial charge in [-0.1, -0.05) is 13.8 Å². The Balaban J connectivity index is 0.00000420. The molecule has 0 bridgehead atoms. The van der Waals surface area contributed by atoms with E-state index in [1.165, 1.54) is 18.5 Å². The van der Waals surface area contributed by atoms with Crippen molar-refractivity contribution in [2.75, 3.05) is 39.8 Å². The first kappa shape index (κ1) is 26.6. The lowest BCUT2D eigenvalue weighted by Crippen LogP contribution is -2.43. The van der Waals surface area contributed by atoms with Crippen molar-refractivity contribution < 1.29 is 4.74 Å². The summed E-state index contributed by atoms with van der Waals surface area (Å²) in [5, 5.41) is 10.3. The lowest BCUT2D eigenvalue weighted by Gasteiger charge is -2.31. The molecule has 2 N–H and O–H groups in total. The smallest absolute Gasteiger partial charge is 0.190 e. The average Bonchev–Trinajstić information content (AvgIpc) is 3.09. The highest BCUT2D eigenvalue weighted by Gasteiger charge is 2.20. The highest BCUT2D eigenvalue weighted by Crippen LogP contribution is 2.19. The van der Waals surface area contributed by atoms with Gasteiger partial charge >= 0.3 is 0 Å². The predicted molar refractivity (Wildman–Crippen MR) is 135 cm³/mol. The summed E-state index contributed by atoms with van der Waals surface area (Å²) in [7, 11) is 1.84. The molecule has 168 valence electrons. The second-order valence-electron chi connectivity index (χ2n) is 7.98.